The number of rotatable bonds is 6. The van der Waals surface area contributed by atoms with Crippen molar-refractivity contribution in [1.82, 2.24) is 0 Å². The maximum absolute atomic E-state index is 12.1. The van der Waals surface area contributed by atoms with Crippen LogP contribution in [0.1, 0.15) is 5.56 Å². The van der Waals surface area contributed by atoms with Crippen molar-refractivity contribution in [2.75, 3.05) is 31.4 Å². The quantitative estimate of drug-likeness (QED) is 0.845. The number of methoxy groups -OCH3 is 2. The van der Waals surface area contributed by atoms with Gasteiger partial charge in [0.25, 0.3) is 0 Å². The first-order valence-corrected chi connectivity index (χ1v) is 7.43. The van der Waals surface area contributed by atoms with Gasteiger partial charge < -0.3 is 20.1 Å². The van der Waals surface area contributed by atoms with E-state index in [1.165, 1.54) is 0 Å². The van der Waals surface area contributed by atoms with E-state index in [0.29, 0.717) is 22.2 Å². The molecule has 0 saturated carbocycles. The topological polar surface area (TPSA) is 59.6 Å². The van der Waals surface area contributed by atoms with Gasteiger partial charge in [0.05, 0.1) is 26.5 Å². The van der Waals surface area contributed by atoms with E-state index in [0.717, 1.165) is 11.3 Å². The highest BCUT2D eigenvalue weighted by Crippen LogP contribution is 2.30. The molecule has 0 fully saturated rings. The van der Waals surface area contributed by atoms with Gasteiger partial charge >= 0.3 is 0 Å². The lowest BCUT2D eigenvalue weighted by atomic mass is 10.2. The van der Waals surface area contributed by atoms with Gasteiger partial charge in [-0.05, 0) is 30.7 Å². The summed E-state index contributed by atoms with van der Waals surface area (Å²) in [6.45, 7) is 2.00. The zero-order chi connectivity index (χ0) is 16.8. The van der Waals surface area contributed by atoms with Gasteiger partial charge in [0, 0.05) is 22.8 Å². The Bertz CT molecular complexity index is 704. The van der Waals surface area contributed by atoms with Crippen molar-refractivity contribution in [1.29, 1.82) is 0 Å². The van der Waals surface area contributed by atoms with Gasteiger partial charge in [-0.25, -0.2) is 0 Å². The van der Waals surface area contributed by atoms with Crippen LogP contribution in [0.25, 0.3) is 0 Å². The van der Waals surface area contributed by atoms with Crippen molar-refractivity contribution in [3.8, 4) is 11.5 Å². The van der Waals surface area contributed by atoms with E-state index in [9.17, 15) is 4.79 Å². The highest BCUT2D eigenvalue weighted by Gasteiger charge is 2.09. The highest BCUT2D eigenvalue weighted by molar-refractivity contribution is 6.31. The Balaban J connectivity index is 2.00. The Morgan fingerprint density at radius 3 is 2.65 bits per heavy atom. The molecule has 0 aliphatic carbocycles. The Kier molecular flexibility index (Phi) is 5.71. The Labute approximate surface area is 140 Å². The summed E-state index contributed by atoms with van der Waals surface area (Å²) in [5.74, 6) is 1.11. The first-order valence-electron chi connectivity index (χ1n) is 7.05. The van der Waals surface area contributed by atoms with Crippen LogP contribution in [-0.4, -0.2) is 26.7 Å². The molecule has 1 amide bonds. The van der Waals surface area contributed by atoms with Crippen LogP contribution in [0.15, 0.2) is 36.4 Å². The Hall–Kier alpha value is -2.40. The van der Waals surface area contributed by atoms with Crippen molar-refractivity contribution < 1.29 is 14.3 Å². The highest BCUT2D eigenvalue weighted by atomic mass is 35.5. The van der Waals surface area contributed by atoms with Crippen LogP contribution in [-0.2, 0) is 4.79 Å². The normalized spacial score (nSPS) is 10.1. The van der Waals surface area contributed by atoms with Crippen LogP contribution in [0.5, 0.6) is 11.5 Å². The van der Waals surface area contributed by atoms with Crippen molar-refractivity contribution in [2.45, 2.75) is 6.92 Å². The van der Waals surface area contributed by atoms with Crippen molar-refractivity contribution in [3.63, 3.8) is 0 Å². The van der Waals surface area contributed by atoms with Gasteiger partial charge in [-0.1, -0.05) is 17.7 Å². The maximum Gasteiger partial charge on any atom is 0.243 e. The molecule has 0 aromatic heterocycles. The van der Waals surface area contributed by atoms with Crippen LogP contribution in [0, 0.1) is 6.92 Å². The third kappa shape index (κ3) is 4.53. The Morgan fingerprint density at radius 1 is 1.17 bits per heavy atom. The molecule has 6 heteroatoms. The summed E-state index contributed by atoms with van der Waals surface area (Å²) in [7, 11) is 3.14. The number of carbonyl (C=O) groups excluding carboxylic acids is 1. The van der Waals surface area contributed by atoms with Gasteiger partial charge in [0.15, 0.2) is 0 Å². The summed E-state index contributed by atoms with van der Waals surface area (Å²) < 4.78 is 10.4. The van der Waals surface area contributed by atoms with E-state index < -0.39 is 0 Å². The zero-order valence-corrected chi connectivity index (χ0v) is 14.0. The van der Waals surface area contributed by atoms with Crippen LogP contribution in [0.2, 0.25) is 5.02 Å². The first-order chi connectivity index (χ1) is 11.0. The van der Waals surface area contributed by atoms with Gasteiger partial charge in [-0.3, -0.25) is 4.79 Å². The van der Waals surface area contributed by atoms with E-state index in [4.69, 9.17) is 21.1 Å². The van der Waals surface area contributed by atoms with Crippen LogP contribution in [0.4, 0.5) is 11.4 Å². The summed E-state index contributed by atoms with van der Waals surface area (Å²) in [6.07, 6.45) is 0. The van der Waals surface area contributed by atoms with E-state index in [2.05, 4.69) is 10.6 Å². The summed E-state index contributed by atoms with van der Waals surface area (Å²) >= 11 is 6.06. The lowest BCUT2D eigenvalue weighted by Gasteiger charge is -2.13. The second-order valence-corrected chi connectivity index (χ2v) is 5.34. The van der Waals surface area contributed by atoms with Gasteiger partial charge in [-0.15, -0.1) is 0 Å². The molecule has 0 heterocycles. The number of benzene rings is 2. The summed E-state index contributed by atoms with van der Waals surface area (Å²) in [5.41, 5.74) is 2.30. The molecule has 0 saturated heterocycles. The summed E-state index contributed by atoms with van der Waals surface area (Å²) in [4.78, 5) is 12.1. The lowest BCUT2D eigenvalue weighted by Crippen LogP contribution is -2.22. The number of amides is 1. The molecule has 0 bridgehead atoms. The number of halogens is 1. The van der Waals surface area contributed by atoms with Gasteiger partial charge in [0.1, 0.15) is 11.5 Å². The molecule has 23 heavy (non-hydrogen) atoms. The number of hydrogen-bond donors (Lipinski definition) is 2. The number of aryl methyl sites for hydroxylation is 1. The third-order valence-corrected chi connectivity index (χ3v) is 3.68. The van der Waals surface area contributed by atoms with E-state index in [-0.39, 0.29) is 12.5 Å². The van der Waals surface area contributed by atoms with Crippen molar-refractivity contribution in [3.05, 3.63) is 47.0 Å². The van der Waals surface area contributed by atoms with E-state index in [1.807, 2.05) is 25.1 Å². The fraction of sp³-hybridized carbons (Fsp3) is 0.235. The van der Waals surface area contributed by atoms with Gasteiger partial charge in [0.2, 0.25) is 5.91 Å². The van der Waals surface area contributed by atoms with Crippen LogP contribution >= 0.6 is 11.6 Å². The fourth-order valence-electron chi connectivity index (χ4n) is 2.05. The van der Waals surface area contributed by atoms with Gasteiger partial charge in [-0.2, -0.15) is 0 Å². The average molecular weight is 335 g/mol. The number of ether oxygens (including phenoxy) is 2. The minimum Gasteiger partial charge on any atom is -0.497 e. The van der Waals surface area contributed by atoms with Crippen molar-refractivity contribution in [2.24, 2.45) is 0 Å². The summed E-state index contributed by atoms with van der Waals surface area (Å²) in [6, 6.07) is 10.8. The zero-order valence-electron chi connectivity index (χ0n) is 13.3. The van der Waals surface area contributed by atoms with Crippen LogP contribution in [0.3, 0.4) is 0 Å². The molecule has 2 aromatic carbocycles. The maximum atomic E-state index is 12.1. The Morgan fingerprint density at radius 2 is 1.96 bits per heavy atom. The number of nitrogens with one attached hydrogen (secondary N) is 2. The minimum atomic E-state index is -0.173. The molecule has 2 aromatic rings. The first kappa shape index (κ1) is 17.0. The van der Waals surface area contributed by atoms with Crippen LogP contribution < -0.4 is 20.1 Å². The molecule has 0 atom stereocenters. The molecular weight excluding hydrogens is 316 g/mol. The minimum absolute atomic E-state index is 0.106. The molecule has 0 radical (unpaired) electrons. The second-order valence-electron chi connectivity index (χ2n) is 4.94. The summed E-state index contributed by atoms with van der Waals surface area (Å²) in [5, 5.41) is 6.47. The van der Waals surface area contributed by atoms with E-state index in [1.54, 1.807) is 32.4 Å². The lowest BCUT2D eigenvalue weighted by molar-refractivity contribution is -0.114. The molecule has 2 rings (SSSR count). The molecule has 0 unspecified atom stereocenters. The van der Waals surface area contributed by atoms with E-state index >= 15 is 0 Å². The number of carbonyl (C=O) groups is 1. The predicted octanol–water partition coefficient (Wildman–Crippen LogP) is 3.72. The molecule has 2 N–H and O–H groups in total. The number of anilines is 2. The standard InChI is InChI=1S/C17H19ClN2O3/c1-11-7-15(16(23-3)9-14(11)18)19-10-17(21)20-12-5-4-6-13(8-12)22-2/h4-9,19H,10H2,1-3H3,(H,20,21). The monoisotopic (exact) mass is 334 g/mol. The largest absolute Gasteiger partial charge is 0.497 e. The molecule has 5 nitrogen and oxygen atoms in total. The fourth-order valence-corrected chi connectivity index (χ4v) is 2.21. The third-order valence-electron chi connectivity index (χ3n) is 3.27. The molecule has 0 aliphatic heterocycles. The molecular formula is C17H19ClN2O3. The predicted molar refractivity (Wildman–Crippen MR) is 92.9 cm³/mol. The van der Waals surface area contributed by atoms with Crippen molar-refractivity contribution >= 4 is 28.9 Å². The molecule has 122 valence electrons. The smallest absolute Gasteiger partial charge is 0.243 e. The molecule has 0 spiro atoms. The SMILES string of the molecule is COc1cccc(NC(=O)CNc2cc(C)c(Cl)cc2OC)c1. The second kappa shape index (κ2) is 7.74. The average Bonchev–Trinajstić information content (AvgIpc) is 2.55. The number of hydrogen-bond acceptors (Lipinski definition) is 4. The molecule has 0 aliphatic rings.